The van der Waals surface area contributed by atoms with Crippen LogP contribution in [-0.2, 0) is 24.9 Å². The molecule has 0 aromatic carbocycles. The summed E-state index contributed by atoms with van der Waals surface area (Å²) in [7, 11) is 0. The van der Waals surface area contributed by atoms with Crippen molar-refractivity contribution in [3.05, 3.63) is 0 Å². The van der Waals surface area contributed by atoms with Crippen molar-refractivity contribution in [2.75, 3.05) is 0 Å². The smallest absolute Gasteiger partial charge is 0.303 e. The third-order valence-corrected chi connectivity index (χ3v) is 2.49. The first kappa shape index (κ1) is 17.5. The number of carbonyl (C=O) groups is 1. The Balaban J connectivity index is 0. The third kappa shape index (κ3) is 16.8. The van der Waals surface area contributed by atoms with E-state index >= 15 is 0 Å². The molecular formula is C12H24IrO2. The average Bonchev–Trinajstić information content (AvgIpc) is 2.15. The fraction of sp³-hybridized carbons (Fsp3) is 0.917. The molecule has 1 N–H and O–H groups in total. The number of aliphatic carboxylic acids is 1. The first-order valence-electron chi connectivity index (χ1n) is 5.99. The topological polar surface area (TPSA) is 37.3 Å². The SMILES string of the molecule is CCCCCCCCCCCC(=O)O.[Ir]. The Morgan fingerprint density at radius 2 is 1.27 bits per heavy atom. The van der Waals surface area contributed by atoms with E-state index in [1.807, 2.05) is 0 Å². The van der Waals surface area contributed by atoms with E-state index in [0.29, 0.717) is 6.42 Å². The maximum absolute atomic E-state index is 10.2. The van der Waals surface area contributed by atoms with Crippen LogP contribution in [0.5, 0.6) is 0 Å². The van der Waals surface area contributed by atoms with Crippen LogP contribution in [-0.4, -0.2) is 11.1 Å². The summed E-state index contributed by atoms with van der Waals surface area (Å²) in [6.07, 6.45) is 11.5. The molecule has 0 amide bonds. The number of carboxylic acids is 1. The van der Waals surface area contributed by atoms with Crippen molar-refractivity contribution in [3.63, 3.8) is 0 Å². The van der Waals surface area contributed by atoms with Gasteiger partial charge in [-0.05, 0) is 6.42 Å². The molecule has 0 aliphatic rings. The normalized spacial score (nSPS) is 9.67. The third-order valence-electron chi connectivity index (χ3n) is 2.49. The Hall–Kier alpha value is 0.119. The van der Waals surface area contributed by atoms with Gasteiger partial charge in [0.15, 0.2) is 0 Å². The second kappa shape index (κ2) is 14.1. The Morgan fingerprint density at radius 3 is 1.67 bits per heavy atom. The summed E-state index contributed by atoms with van der Waals surface area (Å²) in [4.78, 5) is 10.2. The second-order valence-electron chi connectivity index (χ2n) is 3.97. The second-order valence-corrected chi connectivity index (χ2v) is 3.97. The molecule has 0 bridgehead atoms. The Kier molecular flexibility index (Phi) is 16.5. The molecule has 0 atom stereocenters. The van der Waals surface area contributed by atoms with E-state index in [0.717, 1.165) is 12.8 Å². The zero-order chi connectivity index (χ0) is 10.6. The van der Waals surface area contributed by atoms with Crippen LogP contribution < -0.4 is 0 Å². The molecule has 0 saturated carbocycles. The molecule has 0 aromatic rings. The molecule has 0 heterocycles. The van der Waals surface area contributed by atoms with E-state index in [9.17, 15) is 4.79 Å². The van der Waals surface area contributed by atoms with Crippen LogP contribution in [0, 0.1) is 0 Å². The molecule has 0 unspecified atom stereocenters. The summed E-state index contributed by atoms with van der Waals surface area (Å²) in [6, 6.07) is 0. The van der Waals surface area contributed by atoms with Crippen molar-refractivity contribution in [1.29, 1.82) is 0 Å². The number of unbranched alkanes of at least 4 members (excludes halogenated alkanes) is 8. The van der Waals surface area contributed by atoms with Crippen LogP contribution in [0.3, 0.4) is 0 Å². The molecule has 0 aliphatic heterocycles. The van der Waals surface area contributed by atoms with Gasteiger partial charge in [0.1, 0.15) is 0 Å². The maximum atomic E-state index is 10.2. The van der Waals surface area contributed by atoms with Gasteiger partial charge in [0.05, 0.1) is 0 Å². The minimum absolute atomic E-state index is 0. The molecule has 0 spiro atoms. The first-order chi connectivity index (χ1) is 6.77. The molecule has 0 rings (SSSR count). The minimum Gasteiger partial charge on any atom is -0.481 e. The molecule has 2 nitrogen and oxygen atoms in total. The summed E-state index contributed by atoms with van der Waals surface area (Å²) < 4.78 is 0. The molecule has 0 aromatic heterocycles. The van der Waals surface area contributed by atoms with Gasteiger partial charge in [-0.15, -0.1) is 0 Å². The Bertz CT molecular complexity index is 138. The standard InChI is InChI=1S/C12H24O2.Ir/c1-2-3-4-5-6-7-8-9-10-11-12(13)14;/h2-11H2,1H3,(H,13,14);. The number of rotatable bonds is 10. The van der Waals surface area contributed by atoms with Crippen molar-refractivity contribution in [3.8, 4) is 0 Å². The minimum atomic E-state index is -0.659. The van der Waals surface area contributed by atoms with Gasteiger partial charge in [0.2, 0.25) is 0 Å². The summed E-state index contributed by atoms with van der Waals surface area (Å²) in [5.74, 6) is -0.659. The van der Waals surface area contributed by atoms with E-state index in [4.69, 9.17) is 5.11 Å². The molecular weight excluding hydrogens is 368 g/mol. The number of hydrogen-bond acceptors (Lipinski definition) is 1. The number of carboxylic acid groups (broad SMARTS) is 1. The predicted octanol–water partition coefficient (Wildman–Crippen LogP) is 3.99. The van der Waals surface area contributed by atoms with Gasteiger partial charge in [-0.1, -0.05) is 58.3 Å². The van der Waals surface area contributed by atoms with E-state index < -0.39 is 5.97 Å². The molecule has 0 saturated heterocycles. The van der Waals surface area contributed by atoms with Crippen LogP contribution in [0.4, 0.5) is 0 Å². The van der Waals surface area contributed by atoms with Crippen LogP contribution >= 0.6 is 0 Å². The summed E-state index contributed by atoms with van der Waals surface area (Å²) in [5.41, 5.74) is 0. The van der Waals surface area contributed by atoms with Crippen molar-refractivity contribution < 1.29 is 30.0 Å². The monoisotopic (exact) mass is 393 g/mol. The van der Waals surface area contributed by atoms with Gasteiger partial charge in [0, 0.05) is 26.5 Å². The fourth-order valence-corrected chi connectivity index (χ4v) is 1.59. The van der Waals surface area contributed by atoms with Crippen LogP contribution in [0.1, 0.15) is 71.1 Å². The van der Waals surface area contributed by atoms with Gasteiger partial charge in [-0.2, -0.15) is 0 Å². The van der Waals surface area contributed by atoms with E-state index in [1.54, 1.807) is 0 Å². The molecule has 93 valence electrons. The van der Waals surface area contributed by atoms with Gasteiger partial charge in [-0.25, -0.2) is 0 Å². The van der Waals surface area contributed by atoms with Crippen LogP contribution in [0.15, 0.2) is 0 Å². The van der Waals surface area contributed by atoms with Crippen molar-refractivity contribution >= 4 is 5.97 Å². The largest absolute Gasteiger partial charge is 0.481 e. The van der Waals surface area contributed by atoms with Gasteiger partial charge < -0.3 is 5.11 Å². The average molecular weight is 393 g/mol. The van der Waals surface area contributed by atoms with Crippen LogP contribution in [0.2, 0.25) is 0 Å². The Morgan fingerprint density at radius 1 is 0.867 bits per heavy atom. The number of hydrogen-bond donors (Lipinski definition) is 1. The van der Waals surface area contributed by atoms with Crippen LogP contribution in [0.25, 0.3) is 0 Å². The summed E-state index contributed by atoms with van der Waals surface area (Å²) in [6.45, 7) is 2.23. The molecule has 1 radical (unpaired) electrons. The fourth-order valence-electron chi connectivity index (χ4n) is 1.59. The quantitative estimate of drug-likeness (QED) is 0.571. The van der Waals surface area contributed by atoms with Crippen molar-refractivity contribution in [1.82, 2.24) is 0 Å². The molecule has 3 heteroatoms. The van der Waals surface area contributed by atoms with E-state index in [2.05, 4.69) is 6.92 Å². The predicted molar refractivity (Wildman–Crippen MR) is 59.5 cm³/mol. The maximum Gasteiger partial charge on any atom is 0.303 e. The van der Waals surface area contributed by atoms with E-state index in [-0.39, 0.29) is 20.1 Å². The van der Waals surface area contributed by atoms with Crippen molar-refractivity contribution in [2.45, 2.75) is 71.1 Å². The van der Waals surface area contributed by atoms with E-state index in [1.165, 1.54) is 44.9 Å². The summed E-state index contributed by atoms with van der Waals surface area (Å²) in [5, 5.41) is 8.41. The summed E-state index contributed by atoms with van der Waals surface area (Å²) >= 11 is 0. The Labute approximate surface area is 107 Å². The van der Waals surface area contributed by atoms with Gasteiger partial charge >= 0.3 is 5.97 Å². The van der Waals surface area contributed by atoms with Crippen molar-refractivity contribution in [2.24, 2.45) is 0 Å². The first-order valence-corrected chi connectivity index (χ1v) is 5.99. The zero-order valence-corrected chi connectivity index (χ0v) is 12.2. The molecule has 0 aliphatic carbocycles. The zero-order valence-electron chi connectivity index (χ0n) is 9.76. The van der Waals surface area contributed by atoms with Gasteiger partial charge in [-0.3, -0.25) is 4.79 Å². The molecule has 0 fully saturated rings. The molecule has 15 heavy (non-hydrogen) atoms. The van der Waals surface area contributed by atoms with Gasteiger partial charge in [0.25, 0.3) is 0 Å².